The van der Waals surface area contributed by atoms with Crippen LogP contribution in [0, 0.1) is 0 Å². The molecule has 2 rings (SSSR count). The summed E-state index contributed by atoms with van der Waals surface area (Å²) in [5, 5.41) is 0. The third kappa shape index (κ3) is 3.19. The van der Waals surface area contributed by atoms with Gasteiger partial charge in [-0.25, -0.2) is 15.8 Å². The van der Waals surface area contributed by atoms with Crippen LogP contribution in [-0.4, -0.2) is 48.1 Å². The van der Waals surface area contributed by atoms with E-state index in [2.05, 4.69) is 46.2 Å². The van der Waals surface area contributed by atoms with Crippen molar-refractivity contribution >= 4 is 11.6 Å². The van der Waals surface area contributed by atoms with Crippen LogP contribution in [0.3, 0.4) is 0 Å². The number of nitrogen functional groups attached to an aromatic ring is 1. The van der Waals surface area contributed by atoms with Gasteiger partial charge < -0.3 is 15.2 Å². The van der Waals surface area contributed by atoms with Gasteiger partial charge in [-0.1, -0.05) is 13.3 Å². The number of rotatable bonds is 5. The van der Waals surface area contributed by atoms with Crippen molar-refractivity contribution in [3.8, 4) is 0 Å². The molecule has 1 aromatic heterocycles. The molecule has 1 aliphatic rings. The first-order chi connectivity index (χ1) is 9.67. The second-order valence-electron chi connectivity index (χ2n) is 5.62. The smallest absolute Gasteiger partial charge is 0.148 e. The maximum atomic E-state index is 5.59. The fourth-order valence-electron chi connectivity index (χ4n) is 2.85. The van der Waals surface area contributed by atoms with Gasteiger partial charge in [0.15, 0.2) is 0 Å². The lowest BCUT2D eigenvalue weighted by atomic mass is 10.0. The average Bonchev–Trinajstić information content (AvgIpc) is 2.48. The Morgan fingerprint density at radius 2 is 2.25 bits per heavy atom. The highest BCUT2D eigenvalue weighted by atomic mass is 15.3. The monoisotopic (exact) mass is 278 g/mol. The molecule has 1 fully saturated rings. The average molecular weight is 278 g/mol. The number of aromatic nitrogens is 2. The van der Waals surface area contributed by atoms with Crippen LogP contribution < -0.4 is 16.2 Å². The summed E-state index contributed by atoms with van der Waals surface area (Å²) in [7, 11) is 4.29. The number of piperidine rings is 1. The summed E-state index contributed by atoms with van der Waals surface area (Å²) >= 11 is 0. The number of likely N-dealkylation sites (N-methyl/N-ethyl adjacent to an activating group) is 1. The molecule has 2 heterocycles. The lowest BCUT2D eigenvalue weighted by molar-refractivity contribution is 0.257. The molecule has 0 amide bonds. The zero-order chi connectivity index (χ0) is 14.5. The molecule has 1 aliphatic heterocycles. The Balaban J connectivity index is 2.26. The predicted octanol–water partition coefficient (Wildman–Crippen LogP) is 1.25. The molecule has 112 valence electrons. The van der Waals surface area contributed by atoms with E-state index in [9.17, 15) is 0 Å². The largest absolute Gasteiger partial charge is 0.355 e. The van der Waals surface area contributed by atoms with E-state index in [-0.39, 0.29) is 0 Å². The Hall–Kier alpha value is -1.40. The quantitative estimate of drug-likeness (QED) is 0.624. The Bertz CT molecular complexity index is 434. The molecule has 0 spiro atoms. The third-order valence-electron chi connectivity index (χ3n) is 3.99. The molecule has 0 aromatic carbocycles. The first-order valence-electron chi connectivity index (χ1n) is 7.39. The van der Waals surface area contributed by atoms with Crippen molar-refractivity contribution in [2.24, 2.45) is 5.84 Å². The zero-order valence-corrected chi connectivity index (χ0v) is 12.8. The van der Waals surface area contributed by atoms with E-state index in [0.29, 0.717) is 6.04 Å². The SMILES string of the molecule is CCCc1c(NN)ncnc1N1CCCC(N(C)C)C1. The van der Waals surface area contributed by atoms with E-state index in [1.807, 2.05) is 0 Å². The number of anilines is 2. The van der Waals surface area contributed by atoms with Crippen LogP contribution in [0.25, 0.3) is 0 Å². The van der Waals surface area contributed by atoms with Gasteiger partial charge in [-0.2, -0.15) is 0 Å². The Labute approximate surface area is 121 Å². The second-order valence-corrected chi connectivity index (χ2v) is 5.62. The van der Waals surface area contributed by atoms with Crippen LogP contribution >= 0.6 is 0 Å². The van der Waals surface area contributed by atoms with Crippen LogP contribution in [0.2, 0.25) is 0 Å². The molecular weight excluding hydrogens is 252 g/mol. The minimum absolute atomic E-state index is 0.586. The zero-order valence-electron chi connectivity index (χ0n) is 12.8. The molecule has 6 nitrogen and oxygen atoms in total. The minimum Gasteiger partial charge on any atom is -0.355 e. The van der Waals surface area contributed by atoms with E-state index in [1.54, 1.807) is 6.33 Å². The van der Waals surface area contributed by atoms with Gasteiger partial charge in [0.1, 0.15) is 18.0 Å². The van der Waals surface area contributed by atoms with Crippen LogP contribution in [-0.2, 0) is 6.42 Å². The molecule has 1 aromatic rings. The summed E-state index contributed by atoms with van der Waals surface area (Å²) in [5.74, 6) is 7.38. The van der Waals surface area contributed by atoms with Gasteiger partial charge in [0.25, 0.3) is 0 Å². The molecule has 20 heavy (non-hydrogen) atoms. The Morgan fingerprint density at radius 1 is 1.45 bits per heavy atom. The van der Waals surface area contributed by atoms with Gasteiger partial charge in [0.2, 0.25) is 0 Å². The Morgan fingerprint density at radius 3 is 2.90 bits per heavy atom. The van der Waals surface area contributed by atoms with Gasteiger partial charge in [-0.3, -0.25) is 0 Å². The van der Waals surface area contributed by atoms with Crippen molar-refractivity contribution in [1.29, 1.82) is 0 Å². The molecular formula is C14H26N6. The molecule has 0 radical (unpaired) electrons. The minimum atomic E-state index is 0.586. The van der Waals surface area contributed by atoms with Crippen LogP contribution in [0.15, 0.2) is 6.33 Å². The number of nitrogens with zero attached hydrogens (tertiary/aromatic N) is 4. The maximum absolute atomic E-state index is 5.59. The van der Waals surface area contributed by atoms with Crippen molar-refractivity contribution < 1.29 is 0 Å². The van der Waals surface area contributed by atoms with Crippen molar-refractivity contribution in [3.63, 3.8) is 0 Å². The predicted molar refractivity (Wildman–Crippen MR) is 82.8 cm³/mol. The van der Waals surface area contributed by atoms with Crippen molar-refractivity contribution in [2.75, 3.05) is 37.5 Å². The molecule has 1 atom stereocenters. The summed E-state index contributed by atoms with van der Waals surface area (Å²) in [6.07, 6.45) is 6.05. The van der Waals surface area contributed by atoms with Gasteiger partial charge in [0.05, 0.1) is 0 Å². The van der Waals surface area contributed by atoms with E-state index in [4.69, 9.17) is 5.84 Å². The second kappa shape index (κ2) is 6.85. The first kappa shape index (κ1) is 15.0. The topological polar surface area (TPSA) is 70.3 Å². The number of hydrogen-bond donors (Lipinski definition) is 2. The molecule has 6 heteroatoms. The van der Waals surface area contributed by atoms with E-state index in [1.165, 1.54) is 12.8 Å². The van der Waals surface area contributed by atoms with Gasteiger partial charge in [-0.15, -0.1) is 0 Å². The van der Waals surface area contributed by atoms with E-state index < -0.39 is 0 Å². The molecule has 1 unspecified atom stereocenters. The molecule has 0 aliphatic carbocycles. The van der Waals surface area contributed by atoms with Crippen LogP contribution in [0.5, 0.6) is 0 Å². The normalized spacial score (nSPS) is 19.4. The summed E-state index contributed by atoms with van der Waals surface area (Å²) < 4.78 is 0. The number of hydrogen-bond acceptors (Lipinski definition) is 6. The third-order valence-corrected chi connectivity index (χ3v) is 3.99. The van der Waals surface area contributed by atoms with E-state index in [0.717, 1.165) is 43.1 Å². The highest BCUT2D eigenvalue weighted by molar-refractivity contribution is 5.58. The molecule has 0 bridgehead atoms. The molecule has 0 saturated carbocycles. The summed E-state index contributed by atoms with van der Waals surface area (Å²) in [6.45, 7) is 4.24. The standard InChI is InChI=1S/C14H26N6/c1-4-6-12-13(18-15)16-10-17-14(12)20-8-5-7-11(9-20)19(2)3/h10-11H,4-9,15H2,1-3H3,(H,16,17,18). The summed E-state index contributed by atoms with van der Waals surface area (Å²) in [6, 6.07) is 0.586. The van der Waals surface area contributed by atoms with Crippen LogP contribution in [0.1, 0.15) is 31.7 Å². The Kier molecular flexibility index (Phi) is 5.14. The number of hydrazine groups is 1. The highest BCUT2D eigenvalue weighted by Gasteiger charge is 2.24. The first-order valence-corrected chi connectivity index (χ1v) is 7.39. The maximum Gasteiger partial charge on any atom is 0.148 e. The highest BCUT2D eigenvalue weighted by Crippen LogP contribution is 2.27. The molecule has 3 N–H and O–H groups in total. The van der Waals surface area contributed by atoms with Crippen LogP contribution in [0.4, 0.5) is 11.6 Å². The van der Waals surface area contributed by atoms with Gasteiger partial charge in [0, 0.05) is 24.7 Å². The lowest BCUT2D eigenvalue weighted by Gasteiger charge is -2.37. The molecule has 1 saturated heterocycles. The fraction of sp³-hybridized carbons (Fsp3) is 0.714. The summed E-state index contributed by atoms with van der Waals surface area (Å²) in [4.78, 5) is 13.4. The van der Waals surface area contributed by atoms with Gasteiger partial charge in [-0.05, 0) is 33.4 Å². The number of nitrogens with two attached hydrogens (primary N) is 1. The number of nitrogens with one attached hydrogen (secondary N) is 1. The lowest BCUT2D eigenvalue weighted by Crippen LogP contribution is -2.45. The van der Waals surface area contributed by atoms with Crippen molar-refractivity contribution in [3.05, 3.63) is 11.9 Å². The van der Waals surface area contributed by atoms with Gasteiger partial charge >= 0.3 is 0 Å². The summed E-state index contributed by atoms with van der Waals surface area (Å²) in [5.41, 5.74) is 3.84. The van der Waals surface area contributed by atoms with Crippen molar-refractivity contribution in [2.45, 2.75) is 38.6 Å². The van der Waals surface area contributed by atoms with Crippen molar-refractivity contribution in [1.82, 2.24) is 14.9 Å². The van der Waals surface area contributed by atoms with E-state index >= 15 is 0 Å². The fourth-order valence-corrected chi connectivity index (χ4v) is 2.85.